The molecule has 0 aliphatic heterocycles. The van der Waals surface area contributed by atoms with Crippen LogP contribution < -0.4 is 10.6 Å². The molecule has 19 heavy (non-hydrogen) atoms. The van der Waals surface area contributed by atoms with Crippen LogP contribution in [0.3, 0.4) is 0 Å². The van der Waals surface area contributed by atoms with E-state index in [-0.39, 0.29) is 0 Å². The maximum absolute atomic E-state index is 13.9. The molecule has 0 bridgehead atoms. The van der Waals surface area contributed by atoms with Gasteiger partial charge in [0.2, 0.25) is 0 Å². The van der Waals surface area contributed by atoms with E-state index in [2.05, 4.69) is 0 Å². The fourth-order valence-electron chi connectivity index (χ4n) is 1.94. The monoisotopic (exact) mass is 255 g/mol. The lowest BCUT2D eigenvalue weighted by Crippen LogP contribution is -2.17. The average Bonchev–Trinajstić information content (AvgIpc) is 2.38. The third-order valence-electron chi connectivity index (χ3n) is 2.86. The Morgan fingerprint density at radius 1 is 1.26 bits per heavy atom. The first-order valence-electron chi connectivity index (χ1n) is 5.85. The Morgan fingerprint density at radius 3 is 2.68 bits per heavy atom. The van der Waals surface area contributed by atoms with E-state index in [0.29, 0.717) is 23.5 Å². The predicted molar refractivity (Wildman–Crippen MR) is 74.1 cm³/mol. The topological polar surface area (TPSA) is 53.0 Å². The van der Waals surface area contributed by atoms with Crippen molar-refractivity contribution in [3.8, 4) is 6.07 Å². The molecule has 96 valence electrons. The van der Waals surface area contributed by atoms with Gasteiger partial charge in [0.05, 0.1) is 17.3 Å². The van der Waals surface area contributed by atoms with Gasteiger partial charge in [0.15, 0.2) is 0 Å². The Balaban J connectivity index is 2.21. The highest BCUT2D eigenvalue weighted by atomic mass is 19.1. The minimum absolute atomic E-state index is 0.318. The van der Waals surface area contributed by atoms with Crippen LogP contribution in [-0.2, 0) is 6.54 Å². The summed E-state index contributed by atoms with van der Waals surface area (Å²) in [6, 6.07) is 13.9. The summed E-state index contributed by atoms with van der Waals surface area (Å²) < 4.78 is 13.9. The number of nitrogens with zero attached hydrogens (tertiary/aromatic N) is 2. The molecule has 2 aromatic carbocycles. The second-order valence-electron chi connectivity index (χ2n) is 4.38. The molecule has 3 nitrogen and oxygen atoms in total. The number of halogens is 1. The van der Waals surface area contributed by atoms with Crippen molar-refractivity contribution in [2.24, 2.45) is 0 Å². The van der Waals surface area contributed by atoms with E-state index in [9.17, 15) is 4.39 Å². The van der Waals surface area contributed by atoms with Crippen molar-refractivity contribution >= 4 is 11.4 Å². The van der Waals surface area contributed by atoms with Crippen LogP contribution in [0.15, 0.2) is 42.5 Å². The molecule has 2 N–H and O–H groups in total. The number of rotatable bonds is 3. The van der Waals surface area contributed by atoms with Gasteiger partial charge < -0.3 is 10.6 Å². The summed E-state index contributed by atoms with van der Waals surface area (Å²) in [6.45, 7) is 0.549. The largest absolute Gasteiger partial charge is 0.399 e. The Hall–Kier alpha value is -2.54. The van der Waals surface area contributed by atoms with Gasteiger partial charge in [0, 0.05) is 19.3 Å². The first-order chi connectivity index (χ1) is 9.10. The molecule has 0 amide bonds. The summed E-state index contributed by atoms with van der Waals surface area (Å²) >= 11 is 0. The highest BCUT2D eigenvalue weighted by Gasteiger charge is 2.09. The molecule has 0 spiro atoms. The summed E-state index contributed by atoms with van der Waals surface area (Å²) in [5, 5.41) is 8.71. The number of hydrogen-bond donors (Lipinski definition) is 1. The van der Waals surface area contributed by atoms with Crippen LogP contribution in [0.25, 0.3) is 0 Å². The summed E-state index contributed by atoms with van der Waals surface area (Å²) in [6.07, 6.45) is 0. The number of nitrogen functional groups attached to an aromatic ring is 1. The zero-order valence-electron chi connectivity index (χ0n) is 10.6. The highest BCUT2D eigenvalue weighted by molar-refractivity contribution is 5.51. The van der Waals surface area contributed by atoms with E-state index in [1.165, 1.54) is 6.07 Å². The standard InChI is InChI=1S/C15H14FN3/c1-19(10-12-3-2-4-13(18)7-12)15-6-5-11(9-17)8-14(15)16/h2-8H,10,18H2,1H3. The van der Waals surface area contributed by atoms with Crippen LogP contribution in [0, 0.1) is 17.1 Å². The second-order valence-corrected chi connectivity index (χ2v) is 4.38. The molecule has 0 heterocycles. The molecule has 0 unspecified atom stereocenters. The summed E-state index contributed by atoms with van der Waals surface area (Å²) in [4.78, 5) is 1.78. The van der Waals surface area contributed by atoms with Gasteiger partial charge in [-0.3, -0.25) is 0 Å². The SMILES string of the molecule is CN(Cc1cccc(N)c1)c1ccc(C#N)cc1F. The van der Waals surface area contributed by atoms with Gasteiger partial charge in [-0.05, 0) is 35.9 Å². The van der Waals surface area contributed by atoms with E-state index < -0.39 is 5.82 Å². The molecule has 0 aliphatic rings. The predicted octanol–water partition coefficient (Wildman–Crippen LogP) is 2.92. The lowest BCUT2D eigenvalue weighted by Gasteiger charge is -2.20. The quantitative estimate of drug-likeness (QED) is 0.858. The van der Waals surface area contributed by atoms with Gasteiger partial charge in [-0.2, -0.15) is 5.26 Å². The average molecular weight is 255 g/mol. The van der Waals surface area contributed by atoms with Crippen molar-refractivity contribution in [2.75, 3.05) is 17.7 Å². The molecule has 4 heteroatoms. The van der Waals surface area contributed by atoms with Crippen molar-refractivity contribution < 1.29 is 4.39 Å². The van der Waals surface area contributed by atoms with E-state index >= 15 is 0 Å². The molecular weight excluding hydrogens is 241 g/mol. The molecule has 0 fully saturated rings. The van der Waals surface area contributed by atoms with Crippen molar-refractivity contribution in [2.45, 2.75) is 6.54 Å². The molecule has 0 saturated heterocycles. The molecule has 2 rings (SSSR count). The smallest absolute Gasteiger partial charge is 0.147 e. The molecule has 0 atom stereocenters. The fourth-order valence-corrected chi connectivity index (χ4v) is 1.94. The maximum atomic E-state index is 13.9. The number of hydrogen-bond acceptors (Lipinski definition) is 3. The Morgan fingerprint density at radius 2 is 2.05 bits per heavy atom. The lowest BCUT2D eigenvalue weighted by molar-refractivity contribution is 0.622. The van der Waals surface area contributed by atoms with Gasteiger partial charge in [-0.1, -0.05) is 12.1 Å². The molecule has 0 radical (unpaired) electrons. The van der Waals surface area contributed by atoms with Crippen LogP contribution in [-0.4, -0.2) is 7.05 Å². The first kappa shape index (κ1) is 12.9. The van der Waals surface area contributed by atoms with Gasteiger partial charge in [0.1, 0.15) is 5.82 Å². The normalized spacial score (nSPS) is 9.95. The van der Waals surface area contributed by atoms with Crippen molar-refractivity contribution in [1.82, 2.24) is 0 Å². The maximum Gasteiger partial charge on any atom is 0.147 e. The van der Waals surface area contributed by atoms with Crippen LogP contribution in [0.5, 0.6) is 0 Å². The molecule has 0 aliphatic carbocycles. The van der Waals surface area contributed by atoms with E-state index in [0.717, 1.165) is 5.56 Å². The minimum Gasteiger partial charge on any atom is -0.399 e. The van der Waals surface area contributed by atoms with Crippen molar-refractivity contribution in [3.05, 3.63) is 59.4 Å². The fraction of sp³-hybridized carbons (Fsp3) is 0.133. The van der Waals surface area contributed by atoms with Crippen LogP contribution in [0.4, 0.5) is 15.8 Å². The Kier molecular flexibility index (Phi) is 3.67. The van der Waals surface area contributed by atoms with Crippen LogP contribution >= 0.6 is 0 Å². The first-order valence-corrected chi connectivity index (χ1v) is 5.85. The summed E-state index contributed by atoms with van der Waals surface area (Å²) in [5.74, 6) is -0.398. The second kappa shape index (κ2) is 5.40. The van der Waals surface area contributed by atoms with E-state index in [4.69, 9.17) is 11.0 Å². The van der Waals surface area contributed by atoms with Gasteiger partial charge in [-0.25, -0.2) is 4.39 Å². The zero-order valence-corrected chi connectivity index (χ0v) is 10.6. The number of anilines is 2. The lowest BCUT2D eigenvalue weighted by atomic mass is 10.1. The summed E-state index contributed by atoms with van der Waals surface area (Å²) in [5.41, 5.74) is 8.18. The van der Waals surface area contributed by atoms with Crippen molar-refractivity contribution in [3.63, 3.8) is 0 Å². The highest BCUT2D eigenvalue weighted by Crippen LogP contribution is 2.21. The molecule has 2 aromatic rings. The Labute approximate surface area is 111 Å². The molecule has 0 aromatic heterocycles. The Bertz CT molecular complexity index is 632. The van der Waals surface area contributed by atoms with Gasteiger partial charge >= 0.3 is 0 Å². The number of benzene rings is 2. The number of nitrogens with two attached hydrogens (primary N) is 1. The minimum atomic E-state index is -0.398. The molecule has 0 saturated carbocycles. The van der Waals surface area contributed by atoms with Crippen LogP contribution in [0.1, 0.15) is 11.1 Å². The van der Waals surface area contributed by atoms with Crippen LogP contribution in [0.2, 0.25) is 0 Å². The number of nitriles is 1. The van der Waals surface area contributed by atoms with E-state index in [1.54, 1.807) is 24.1 Å². The van der Waals surface area contributed by atoms with Gasteiger partial charge in [-0.15, -0.1) is 0 Å². The zero-order chi connectivity index (χ0) is 13.8. The third-order valence-corrected chi connectivity index (χ3v) is 2.86. The summed E-state index contributed by atoms with van der Waals surface area (Å²) in [7, 11) is 1.80. The molecular formula is C15H14FN3. The van der Waals surface area contributed by atoms with Gasteiger partial charge in [0.25, 0.3) is 0 Å². The third kappa shape index (κ3) is 3.02. The van der Waals surface area contributed by atoms with Crippen molar-refractivity contribution in [1.29, 1.82) is 5.26 Å². The van der Waals surface area contributed by atoms with E-state index in [1.807, 2.05) is 30.3 Å².